The van der Waals surface area contributed by atoms with Crippen LogP contribution < -0.4 is 5.32 Å². The van der Waals surface area contributed by atoms with Gasteiger partial charge in [0, 0.05) is 19.5 Å². The Bertz CT molecular complexity index is 446. The van der Waals surface area contributed by atoms with Gasteiger partial charge in [-0.25, -0.2) is 0 Å². The number of nitrogens with one attached hydrogen (secondary N) is 1. The van der Waals surface area contributed by atoms with Crippen molar-refractivity contribution >= 4 is 5.91 Å². The van der Waals surface area contributed by atoms with Crippen molar-refractivity contribution in [1.82, 2.24) is 10.2 Å². The quantitative estimate of drug-likeness (QED) is 0.659. The molecule has 1 N–H and O–H groups in total. The van der Waals surface area contributed by atoms with Crippen molar-refractivity contribution in [3.8, 4) is 6.19 Å². The first-order valence-electron chi connectivity index (χ1n) is 6.78. The molecule has 100 valence electrons. The molecule has 1 aromatic rings. The molecule has 1 aliphatic heterocycles. The fourth-order valence-corrected chi connectivity index (χ4v) is 2.46. The van der Waals surface area contributed by atoms with Crippen LogP contribution in [0.15, 0.2) is 30.3 Å². The van der Waals surface area contributed by atoms with Gasteiger partial charge < -0.3 is 10.2 Å². The third-order valence-corrected chi connectivity index (χ3v) is 3.49. The third-order valence-electron chi connectivity index (χ3n) is 3.49. The summed E-state index contributed by atoms with van der Waals surface area (Å²) in [6, 6.07) is 9.37. The van der Waals surface area contributed by atoms with Crippen molar-refractivity contribution in [3.63, 3.8) is 0 Å². The molecule has 0 aliphatic carbocycles. The Balaban J connectivity index is 2.02. The minimum Gasteiger partial charge on any atom is -0.341 e. The third kappa shape index (κ3) is 3.72. The molecular formula is C15H19N3O. The van der Waals surface area contributed by atoms with Crippen LogP contribution in [0.3, 0.4) is 0 Å². The van der Waals surface area contributed by atoms with Crippen molar-refractivity contribution in [1.29, 1.82) is 5.26 Å². The second kappa shape index (κ2) is 6.79. The Labute approximate surface area is 114 Å². The molecule has 0 aromatic heterocycles. The number of benzene rings is 1. The van der Waals surface area contributed by atoms with Crippen LogP contribution >= 0.6 is 0 Å². The van der Waals surface area contributed by atoms with Crippen LogP contribution in [-0.2, 0) is 11.2 Å². The highest BCUT2D eigenvalue weighted by atomic mass is 16.2. The molecule has 1 saturated heterocycles. The molecule has 4 nitrogen and oxygen atoms in total. The molecule has 1 fully saturated rings. The van der Waals surface area contributed by atoms with Gasteiger partial charge >= 0.3 is 0 Å². The molecule has 19 heavy (non-hydrogen) atoms. The molecule has 1 amide bonds. The van der Waals surface area contributed by atoms with Crippen LogP contribution in [0.2, 0.25) is 0 Å². The predicted molar refractivity (Wildman–Crippen MR) is 73.1 cm³/mol. The van der Waals surface area contributed by atoms with Crippen molar-refractivity contribution in [2.75, 3.05) is 13.1 Å². The van der Waals surface area contributed by atoms with Crippen LogP contribution in [0.1, 0.15) is 24.8 Å². The van der Waals surface area contributed by atoms with E-state index >= 15 is 0 Å². The standard InChI is InChI=1S/C15H19N3O/c16-12-17-14(11-13-7-3-1-4-8-13)15(19)18-9-5-2-6-10-18/h1,3-4,7-8,14,17H,2,5-6,9-11H2. The minimum atomic E-state index is -0.439. The first-order chi connectivity index (χ1) is 9.31. The molecule has 2 rings (SSSR count). The lowest BCUT2D eigenvalue weighted by Gasteiger charge is -2.30. The lowest BCUT2D eigenvalue weighted by Crippen LogP contribution is -2.48. The molecular weight excluding hydrogens is 238 g/mol. The van der Waals surface area contributed by atoms with Gasteiger partial charge in [0.2, 0.25) is 5.91 Å². The maximum Gasteiger partial charge on any atom is 0.246 e. The first kappa shape index (κ1) is 13.4. The number of nitriles is 1. The van der Waals surface area contributed by atoms with E-state index in [0.717, 1.165) is 31.5 Å². The van der Waals surface area contributed by atoms with Gasteiger partial charge in [0.1, 0.15) is 6.04 Å². The van der Waals surface area contributed by atoms with E-state index in [1.165, 1.54) is 6.42 Å². The van der Waals surface area contributed by atoms with Crippen LogP contribution in [0.5, 0.6) is 0 Å². The summed E-state index contributed by atoms with van der Waals surface area (Å²) in [5.74, 6) is 0.0464. The highest BCUT2D eigenvalue weighted by Gasteiger charge is 2.25. The molecule has 1 aromatic carbocycles. The molecule has 0 saturated carbocycles. The van der Waals surface area contributed by atoms with Gasteiger partial charge in [0.05, 0.1) is 0 Å². The largest absolute Gasteiger partial charge is 0.341 e. The van der Waals surface area contributed by atoms with Crippen LogP contribution in [0.25, 0.3) is 0 Å². The van der Waals surface area contributed by atoms with Crippen LogP contribution in [0.4, 0.5) is 0 Å². The maximum absolute atomic E-state index is 12.4. The van der Waals surface area contributed by atoms with Gasteiger partial charge in [-0.3, -0.25) is 4.79 Å². The van der Waals surface area contributed by atoms with E-state index in [4.69, 9.17) is 5.26 Å². The Morgan fingerprint density at radius 3 is 2.58 bits per heavy atom. The summed E-state index contributed by atoms with van der Waals surface area (Å²) >= 11 is 0. The predicted octanol–water partition coefficient (Wildman–Crippen LogP) is 1.68. The Morgan fingerprint density at radius 1 is 1.26 bits per heavy atom. The first-order valence-corrected chi connectivity index (χ1v) is 6.78. The average Bonchev–Trinajstić information content (AvgIpc) is 2.48. The lowest BCUT2D eigenvalue weighted by atomic mass is 10.0. The number of hydrogen-bond donors (Lipinski definition) is 1. The second-order valence-electron chi connectivity index (χ2n) is 4.88. The zero-order chi connectivity index (χ0) is 13.5. The number of carbonyl (C=O) groups is 1. The fourth-order valence-electron chi connectivity index (χ4n) is 2.46. The molecule has 1 atom stereocenters. The zero-order valence-corrected chi connectivity index (χ0v) is 11.0. The number of likely N-dealkylation sites (tertiary alicyclic amines) is 1. The highest BCUT2D eigenvalue weighted by Crippen LogP contribution is 2.12. The average molecular weight is 257 g/mol. The van der Waals surface area contributed by atoms with Crippen molar-refractivity contribution in [3.05, 3.63) is 35.9 Å². The van der Waals surface area contributed by atoms with E-state index < -0.39 is 6.04 Å². The zero-order valence-electron chi connectivity index (χ0n) is 11.0. The number of nitrogens with zero attached hydrogens (tertiary/aromatic N) is 2. The minimum absolute atomic E-state index is 0.0464. The van der Waals surface area contributed by atoms with Crippen molar-refractivity contribution in [2.24, 2.45) is 0 Å². The summed E-state index contributed by atoms with van der Waals surface area (Å²) in [6.45, 7) is 1.63. The smallest absolute Gasteiger partial charge is 0.246 e. The van der Waals surface area contributed by atoms with E-state index in [0.29, 0.717) is 6.42 Å². The van der Waals surface area contributed by atoms with Gasteiger partial charge in [0.25, 0.3) is 0 Å². The lowest BCUT2D eigenvalue weighted by molar-refractivity contribution is -0.134. The van der Waals surface area contributed by atoms with E-state index in [1.807, 2.05) is 41.4 Å². The number of hydrogen-bond acceptors (Lipinski definition) is 3. The summed E-state index contributed by atoms with van der Waals surface area (Å²) in [4.78, 5) is 14.3. The fraction of sp³-hybridized carbons (Fsp3) is 0.467. The van der Waals surface area contributed by atoms with Crippen molar-refractivity contribution < 1.29 is 4.79 Å². The maximum atomic E-state index is 12.4. The van der Waals surface area contributed by atoms with E-state index in [-0.39, 0.29) is 5.91 Å². The van der Waals surface area contributed by atoms with Gasteiger partial charge in [-0.1, -0.05) is 30.3 Å². The summed E-state index contributed by atoms with van der Waals surface area (Å²) < 4.78 is 0. The van der Waals surface area contributed by atoms with Gasteiger partial charge in [-0.2, -0.15) is 5.26 Å². The molecule has 4 heteroatoms. The van der Waals surface area contributed by atoms with Crippen LogP contribution in [-0.4, -0.2) is 29.9 Å². The van der Waals surface area contributed by atoms with Crippen molar-refractivity contribution in [2.45, 2.75) is 31.7 Å². The summed E-state index contributed by atoms with van der Waals surface area (Å²) in [6.07, 6.45) is 5.79. The second-order valence-corrected chi connectivity index (χ2v) is 4.88. The Morgan fingerprint density at radius 2 is 1.95 bits per heavy atom. The molecule has 0 radical (unpaired) electrons. The molecule has 0 bridgehead atoms. The topological polar surface area (TPSA) is 56.1 Å². The molecule has 0 spiro atoms. The highest BCUT2D eigenvalue weighted by molar-refractivity contribution is 5.82. The van der Waals surface area contributed by atoms with Gasteiger partial charge in [-0.05, 0) is 24.8 Å². The van der Waals surface area contributed by atoms with Gasteiger partial charge in [-0.15, -0.1) is 0 Å². The molecule has 1 heterocycles. The summed E-state index contributed by atoms with van der Waals surface area (Å²) in [5, 5.41) is 11.5. The number of piperidine rings is 1. The summed E-state index contributed by atoms with van der Waals surface area (Å²) in [5.41, 5.74) is 1.07. The number of carbonyl (C=O) groups excluding carboxylic acids is 1. The molecule has 1 unspecified atom stereocenters. The Hall–Kier alpha value is -2.02. The molecule has 1 aliphatic rings. The summed E-state index contributed by atoms with van der Waals surface area (Å²) in [7, 11) is 0. The van der Waals surface area contributed by atoms with Crippen LogP contribution in [0, 0.1) is 11.5 Å². The Kier molecular flexibility index (Phi) is 4.79. The number of rotatable bonds is 4. The monoisotopic (exact) mass is 257 g/mol. The normalized spacial score (nSPS) is 16.5. The van der Waals surface area contributed by atoms with E-state index in [9.17, 15) is 4.79 Å². The SMILES string of the molecule is N#CNC(Cc1ccccc1)C(=O)N1CCCCC1. The van der Waals surface area contributed by atoms with E-state index in [1.54, 1.807) is 0 Å². The number of amides is 1. The van der Waals surface area contributed by atoms with Gasteiger partial charge in [0.15, 0.2) is 6.19 Å². The van der Waals surface area contributed by atoms with E-state index in [2.05, 4.69) is 5.32 Å².